The quantitative estimate of drug-likeness (QED) is 0.689. The Morgan fingerprint density at radius 3 is 2.41 bits per heavy atom. The van der Waals surface area contributed by atoms with Crippen molar-refractivity contribution in [2.45, 2.75) is 43.4 Å². The number of likely N-dealkylation sites (tertiary alicyclic amines) is 1. The third-order valence-corrected chi connectivity index (χ3v) is 8.22. The molecule has 1 amide bonds. The Kier molecular flexibility index (Phi) is 3.96. The van der Waals surface area contributed by atoms with E-state index in [1.807, 2.05) is 11.8 Å². The Bertz CT molecular complexity index is 873. The lowest BCUT2D eigenvalue weighted by molar-refractivity contribution is -0.167. The fraction of sp³-hybridized carbons (Fsp3) is 0.684. The highest BCUT2D eigenvalue weighted by atomic mass is 32.2. The van der Waals surface area contributed by atoms with E-state index in [1.165, 1.54) is 13.0 Å². The topological polar surface area (TPSA) is 68.7 Å². The number of nitrogens with zero attached hydrogens (tertiary/aromatic N) is 3. The minimum atomic E-state index is -4.52. The standard InChI is InChI=1S/C19H22F3N3O3S/c1-12-13(3-4-14(23-12)19(20,21)22)29(27)25-9-17(10-25)7-24(8-17)15(26)18-5-16(2,6-18)28-11-18/h3-4H,5-11H2,1-2H3. The molecule has 4 aliphatic heterocycles. The van der Waals surface area contributed by atoms with E-state index in [0.29, 0.717) is 37.7 Å². The molecule has 2 bridgehead atoms. The maximum atomic E-state index is 12.8. The Hall–Kier alpha value is -1.36. The number of halogens is 3. The molecule has 0 aromatic carbocycles. The number of fused-ring (bicyclic) bond motifs is 1. The lowest BCUT2D eigenvalue weighted by Gasteiger charge is -2.60. The molecule has 4 saturated heterocycles. The third-order valence-electron chi connectivity index (χ3n) is 6.69. The van der Waals surface area contributed by atoms with Crippen molar-refractivity contribution in [3.63, 3.8) is 0 Å². The van der Waals surface area contributed by atoms with Gasteiger partial charge in [-0.25, -0.2) is 4.98 Å². The highest BCUT2D eigenvalue weighted by molar-refractivity contribution is 7.89. The fourth-order valence-corrected chi connectivity index (χ4v) is 6.94. The van der Waals surface area contributed by atoms with Crippen LogP contribution in [-0.2, 0) is 27.1 Å². The number of aryl methyl sites for hydroxylation is 1. The number of ether oxygens (including phenoxy) is 1. The molecule has 0 radical (unpaired) electrons. The number of amides is 1. The molecule has 5 aliphatic rings. The summed E-state index contributed by atoms with van der Waals surface area (Å²) < 4.78 is 58.5. The number of aromatic nitrogens is 1. The average Bonchev–Trinajstić information content (AvgIpc) is 3.05. The molecular formula is C19H22F3N3O3S. The van der Waals surface area contributed by atoms with Crippen molar-refractivity contribution in [1.29, 1.82) is 0 Å². The van der Waals surface area contributed by atoms with Crippen LogP contribution in [0.25, 0.3) is 0 Å². The first-order chi connectivity index (χ1) is 13.4. The van der Waals surface area contributed by atoms with Gasteiger partial charge in [-0.15, -0.1) is 4.31 Å². The molecule has 1 atom stereocenters. The zero-order chi connectivity index (χ0) is 20.8. The molecule has 6 nitrogen and oxygen atoms in total. The summed E-state index contributed by atoms with van der Waals surface area (Å²) in [4.78, 5) is 18.6. The molecule has 1 unspecified atom stereocenters. The number of rotatable bonds is 3. The van der Waals surface area contributed by atoms with E-state index in [1.54, 1.807) is 4.31 Å². The normalized spacial score (nSPS) is 33.8. The van der Waals surface area contributed by atoms with Crippen molar-refractivity contribution in [1.82, 2.24) is 14.2 Å². The van der Waals surface area contributed by atoms with E-state index in [-0.39, 0.29) is 28.0 Å². The summed E-state index contributed by atoms with van der Waals surface area (Å²) in [7, 11) is 0. The number of hydrogen-bond acceptors (Lipinski definition) is 5. The highest BCUT2D eigenvalue weighted by Gasteiger charge is 2.67. The second kappa shape index (κ2) is 5.87. The van der Waals surface area contributed by atoms with Crippen molar-refractivity contribution in [2.24, 2.45) is 10.8 Å². The van der Waals surface area contributed by atoms with Crippen molar-refractivity contribution in [2.75, 3.05) is 32.8 Å². The second-order valence-corrected chi connectivity index (χ2v) is 10.8. The minimum absolute atomic E-state index is 0.0539. The van der Waals surface area contributed by atoms with Crippen LogP contribution in [0.4, 0.5) is 13.2 Å². The van der Waals surface area contributed by atoms with Crippen LogP contribution in [-0.4, -0.2) is 63.0 Å². The van der Waals surface area contributed by atoms with Crippen LogP contribution in [0.3, 0.4) is 0 Å². The molecule has 1 spiro atoms. The largest absolute Gasteiger partial charge is 0.593 e. The Morgan fingerprint density at radius 2 is 1.90 bits per heavy atom. The molecule has 10 heteroatoms. The van der Waals surface area contributed by atoms with Crippen molar-refractivity contribution >= 4 is 17.3 Å². The molecule has 0 N–H and O–H groups in total. The highest BCUT2D eigenvalue weighted by Crippen LogP contribution is 2.59. The number of alkyl halides is 3. The van der Waals surface area contributed by atoms with Crippen LogP contribution in [0.2, 0.25) is 0 Å². The fourth-order valence-electron chi connectivity index (χ4n) is 5.40. The summed E-state index contributed by atoms with van der Waals surface area (Å²) in [5.41, 5.74) is -1.38. The third kappa shape index (κ3) is 2.90. The first-order valence-electron chi connectivity index (χ1n) is 9.60. The van der Waals surface area contributed by atoms with Crippen LogP contribution in [0.1, 0.15) is 31.2 Å². The second-order valence-electron chi connectivity index (χ2n) is 9.36. The van der Waals surface area contributed by atoms with Gasteiger partial charge in [-0.3, -0.25) is 4.79 Å². The minimum Gasteiger partial charge on any atom is -0.593 e. The van der Waals surface area contributed by atoms with Gasteiger partial charge in [-0.05, 0) is 38.8 Å². The van der Waals surface area contributed by atoms with Crippen LogP contribution in [0.5, 0.6) is 0 Å². The van der Waals surface area contributed by atoms with E-state index in [4.69, 9.17) is 4.74 Å². The van der Waals surface area contributed by atoms with Crippen LogP contribution >= 0.6 is 0 Å². The molecule has 29 heavy (non-hydrogen) atoms. The zero-order valence-electron chi connectivity index (χ0n) is 16.2. The van der Waals surface area contributed by atoms with Gasteiger partial charge in [0.05, 0.1) is 47.8 Å². The van der Waals surface area contributed by atoms with E-state index >= 15 is 0 Å². The van der Waals surface area contributed by atoms with Gasteiger partial charge in [-0.2, -0.15) is 13.2 Å². The number of carbonyl (C=O) groups is 1. The molecule has 1 aliphatic carbocycles. The van der Waals surface area contributed by atoms with Gasteiger partial charge in [0.2, 0.25) is 5.91 Å². The molecule has 1 aromatic heterocycles. The molecule has 158 valence electrons. The monoisotopic (exact) mass is 429 g/mol. The van der Waals surface area contributed by atoms with E-state index in [9.17, 15) is 22.5 Å². The summed E-state index contributed by atoms with van der Waals surface area (Å²) in [6, 6.07) is 2.12. The first-order valence-corrected chi connectivity index (χ1v) is 10.7. The average molecular weight is 429 g/mol. The number of carbonyl (C=O) groups excluding carboxylic acids is 1. The Labute approximate surface area is 169 Å². The lowest BCUT2D eigenvalue weighted by Crippen LogP contribution is -2.75. The summed E-state index contributed by atoms with van der Waals surface area (Å²) in [5.74, 6) is 0.167. The van der Waals surface area contributed by atoms with Crippen molar-refractivity contribution in [3.8, 4) is 0 Å². The summed E-state index contributed by atoms with van der Waals surface area (Å²) in [6.45, 7) is 6.39. The van der Waals surface area contributed by atoms with Gasteiger partial charge < -0.3 is 14.2 Å². The van der Waals surface area contributed by atoms with E-state index in [0.717, 1.165) is 18.9 Å². The summed E-state index contributed by atoms with van der Waals surface area (Å²) in [6.07, 6.45) is -2.94. The predicted molar refractivity (Wildman–Crippen MR) is 97.0 cm³/mol. The van der Waals surface area contributed by atoms with Crippen LogP contribution in [0.15, 0.2) is 17.0 Å². The van der Waals surface area contributed by atoms with E-state index < -0.39 is 23.2 Å². The van der Waals surface area contributed by atoms with Gasteiger partial charge >= 0.3 is 6.18 Å². The van der Waals surface area contributed by atoms with Gasteiger partial charge in [-0.1, -0.05) is 0 Å². The maximum absolute atomic E-state index is 12.8. The van der Waals surface area contributed by atoms with Gasteiger partial charge in [0.15, 0.2) is 4.90 Å². The molecular weight excluding hydrogens is 407 g/mol. The van der Waals surface area contributed by atoms with Gasteiger partial charge in [0.1, 0.15) is 5.69 Å². The molecule has 5 fully saturated rings. The van der Waals surface area contributed by atoms with E-state index in [2.05, 4.69) is 4.98 Å². The van der Waals surface area contributed by atoms with Crippen molar-refractivity contribution in [3.05, 3.63) is 23.5 Å². The predicted octanol–water partition coefficient (Wildman–Crippen LogP) is 2.14. The number of pyridine rings is 1. The maximum Gasteiger partial charge on any atom is 0.433 e. The van der Waals surface area contributed by atoms with Gasteiger partial charge in [0, 0.05) is 18.5 Å². The molecule has 1 saturated carbocycles. The number of hydrogen-bond donors (Lipinski definition) is 0. The summed E-state index contributed by atoms with van der Waals surface area (Å²) >= 11 is -1.55. The first kappa shape index (κ1) is 19.6. The van der Waals surface area contributed by atoms with Crippen LogP contribution < -0.4 is 0 Å². The molecule has 5 heterocycles. The molecule has 6 rings (SSSR count). The molecule has 1 aromatic rings. The Morgan fingerprint density at radius 1 is 1.24 bits per heavy atom. The van der Waals surface area contributed by atoms with Crippen molar-refractivity contribution < 1.29 is 27.3 Å². The lowest BCUT2D eigenvalue weighted by atomic mass is 9.61. The van der Waals surface area contributed by atoms with Crippen LogP contribution in [0, 0.1) is 17.8 Å². The summed E-state index contributed by atoms with van der Waals surface area (Å²) in [5, 5.41) is 0. The van der Waals surface area contributed by atoms with Gasteiger partial charge in [0.25, 0.3) is 0 Å². The SMILES string of the molecule is Cc1nc(C(F)(F)F)ccc1[S+]([O-])N1CC2(CN(C(=O)C34COC(C)(C3)C4)C2)C1. The smallest absolute Gasteiger partial charge is 0.433 e. The Balaban J connectivity index is 1.18. The zero-order valence-corrected chi connectivity index (χ0v) is 17.0.